The van der Waals surface area contributed by atoms with E-state index in [1.165, 1.54) is 5.56 Å². The van der Waals surface area contributed by atoms with Crippen molar-refractivity contribution in [2.75, 3.05) is 19.8 Å². The molecule has 2 N–H and O–H groups in total. The van der Waals surface area contributed by atoms with Crippen molar-refractivity contribution in [2.24, 2.45) is 0 Å². The SMILES string of the molecule is CCOc1ccccc1OCCN[C@H](C)Cc1ccc(CO)c(S)c1. The number of benzene rings is 2. The summed E-state index contributed by atoms with van der Waals surface area (Å²) in [7, 11) is 0. The van der Waals surface area contributed by atoms with Gasteiger partial charge in [0.1, 0.15) is 6.61 Å². The molecule has 0 saturated heterocycles. The van der Waals surface area contributed by atoms with Crippen molar-refractivity contribution in [3.63, 3.8) is 0 Å². The highest BCUT2D eigenvalue weighted by molar-refractivity contribution is 7.80. The summed E-state index contributed by atoms with van der Waals surface area (Å²) in [6.07, 6.45) is 0.898. The number of para-hydroxylation sites is 2. The molecular weight excluding hydrogens is 334 g/mol. The van der Waals surface area contributed by atoms with E-state index in [4.69, 9.17) is 9.47 Å². The Bertz CT molecular complexity index is 663. The maximum atomic E-state index is 9.20. The highest BCUT2D eigenvalue weighted by Crippen LogP contribution is 2.26. The van der Waals surface area contributed by atoms with Crippen LogP contribution in [0.25, 0.3) is 0 Å². The Kier molecular flexibility index (Phi) is 8.12. The van der Waals surface area contributed by atoms with Crippen molar-refractivity contribution in [2.45, 2.75) is 37.8 Å². The van der Waals surface area contributed by atoms with Crippen LogP contribution < -0.4 is 14.8 Å². The lowest BCUT2D eigenvalue weighted by Crippen LogP contribution is -2.31. The number of rotatable bonds is 10. The van der Waals surface area contributed by atoms with Crippen molar-refractivity contribution in [1.82, 2.24) is 5.32 Å². The lowest BCUT2D eigenvalue weighted by molar-refractivity contribution is 0.272. The van der Waals surface area contributed by atoms with Gasteiger partial charge in [0.15, 0.2) is 11.5 Å². The highest BCUT2D eigenvalue weighted by Gasteiger charge is 2.07. The maximum absolute atomic E-state index is 9.20. The number of aliphatic hydroxyl groups is 1. The third-order valence-corrected chi connectivity index (χ3v) is 4.28. The van der Waals surface area contributed by atoms with E-state index < -0.39 is 0 Å². The topological polar surface area (TPSA) is 50.7 Å². The second kappa shape index (κ2) is 10.3. The van der Waals surface area contributed by atoms with E-state index in [1.54, 1.807) is 0 Å². The molecule has 2 aromatic rings. The normalized spacial score (nSPS) is 12.0. The molecule has 0 spiro atoms. The average Bonchev–Trinajstić information content (AvgIpc) is 2.60. The Labute approximate surface area is 155 Å². The molecule has 0 bridgehead atoms. The van der Waals surface area contributed by atoms with Gasteiger partial charge in [-0.3, -0.25) is 0 Å². The fraction of sp³-hybridized carbons (Fsp3) is 0.400. The van der Waals surface area contributed by atoms with Crippen LogP contribution in [0.15, 0.2) is 47.4 Å². The molecule has 0 aliphatic heterocycles. The molecular formula is C20H27NO3S. The minimum atomic E-state index is 0.0213. The molecule has 5 heteroatoms. The first-order valence-corrected chi connectivity index (χ1v) is 9.08. The van der Waals surface area contributed by atoms with Gasteiger partial charge in [-0.15, -0.1) is 12.6 Å². The summed E-state index contributed by atoms with van der Waals surface area (Å²) in [6.45, 7) is 6.08. The molecule has 0 aliphatic rings. The number of hydrogen-bond donors (Lipinski definition) is 3. The molecule has 0 unspecified atom stereocenters. The van der Waals surface area contributed by atoms with Crippen LogP contribution in [0.5, 0.6) is 11.5 Å². The fourth-order valence-corrected chi connectivity index (χ4v) is 2.92. The molecule has 0 aliphatic carbocycles. The van der Waals surface area contributed by atoms with Crippen LogP contribution in [0.2, 0.25) is 0 Å². The third-order valence-electron chi connectivity index (χ3n) is 3.86. The molecule has 0 fully saturated rings. The highest BCUT2D eigenvalue weighted by atomic mass is 32.1. The first kappa shape index (κ1) is 19.6. The molecule has 25 heavy (non-hydrogen) atoms. The van der Waals surface area contributed by atoms with Crippen molar-refractivity contribution in [3.8, 4) is 11.5 Å². The third kappa shape index (κ3) is 6.27. The lowest BCUT2D eigenvalue weighted by atomic mass is 10.1. The summed E-state index contributed by atoms with van der Waals surface area (Å²) in [5, 5.41) is 12.7. The summed E-state index contributed by atoms with van der Waals surface area (Å²) in [6, 6.07) is 14.0. The standard InChI is InChI=1S/C20H27NO3S/c1-3-23-18-6-4-5-7-19(18)24-11-10-21-15(2)12-16-8-9-17(14-22)20(25)13-16/h4-9,13,15,21-22,25H,3,10-12,14H2,1-2H3/t15-/m1/s1. The predicted molar refractivity (Wildman–Crippen MR) is 104 cm³/mol. The monoisotopic (exact) mass is 361 g/mol. The van der Waals surface area contributed by atoms with Gasteiger partial charge in [0.25, 0.3) is 0 Å². The van der Waals surface area contributed by atoms with Crippen molar-refractivity contribution < 1.29 is 14.6 Å². The number of thiol groups is 1. The maximum Gasteiger partial charge on any atom is 0.161 e. The van der Waals surface area contributed by atoms with Gasteiger partial charge in [0.05, 0.1) is 13.2 Å². The van der Waals surface area contributed by atoms with Crippen LogP contribution >= 0.6 is 12.6 Å². The smallest absolute Gasteiger partial charge is 0.161 e. The van der Waals surface area contributed by atoms with Gasteiger partial charge in [-0.25, -0.2) is 0 Å². The number of aliphatic hydroxyl groups excluding tert-OH is 1. The van der Waals surface area contributed by atoms with Gasteiger partial charge in [-0.2, -0.15) is 0 Å². The molecule has 1 atom stereocenters. The molecule has 4 nitrogen and oxygen atoms in total. The Morgan fingerprint density at radius 1 is 1.12 bits per heavy atom. The summed E-state index contributed by atoms with van der Waals surface area (Å²) in [5.74, 6) is 1.56. The second-order valence-corrected chi connectivity index (χ2v) is 6.39. The zero-order valence-electron chi connectivity index (χ0n) is 14.9. The minimum Gasteiger partial charge on any atom is -0.490 e. The molecule has 0 amide bonds. The van der Waals surface area contributed by atoms with E-state index >= 15 is 0 Å². The summed E-state index contributed by atoms with van der Waals surface area (Å²) < 4.78 is 11.4. The van der Waals surface area contributed by atoms with Crippen LogP contribution in [0.4, 0.5) is 0 Å². The van der Waals surface area contributed by atoms with Crippen LogP contribution in [0.1, 0.15) is 25.0 Å². The first-order chi connectivity index (χ1) is 12.1. The van der Waals surface area contributed by atoms with E-state index in [-0.39, 0.29) is 6.61 Å². The van der Waals surface area contributed by atoms with Gasteiger partial charge >= 0.3 is 0 Å². The molecule has 2 rings (SSSR count). The number of hydrogen-bond acceptors (Lipinski definition) is 5. The summed E-state index contributed by atoms with van der Waals surface area (Å²) >= 11 is 4.41. The van der Waals surface area contributed by atoms with Gasteiger partial charge in [0.2, 0.25) is 0 Å². The fourth-order valence-electron chi connectivity index (χ4n) is 2.61. The van der Waals surface area contributed by atoms with E-state index in [1.807, 2.05) is 49.4 Å². The van der Waals surface area contributed by atoms with E-state index in [2.05, 4.69) is 24.9 Å². The molecule has 0 radical (unpaired) electrons. The summed E-state index contributed by atoms with van der Waals surface area (Å²) in [4.78, 5) is 0.836. The average molecular weight is 362 g/mol. The molecule has 0 heterocycles. The van der Waals surface area contributed by atoms with Crippen LogP contribution in [-0.4, -0.2) is 30.9 Å². The van der Waals surface area contributed by atoms with Crippen LogP contribution in [-0.2, 0) is 13.0 Å². The number of ether oxygens (including phenoxy) is 2. The quantitative estimate of drug-likeness (QED) is 0.448. The van der Waals surface area contributed by atoms with E-state index in [0.717, 1.165) is 34.9 Å². The van der Waals surface area contributed by atoms with Gasteiger partial charge in [-0.05, 0) is 49.6 Å². The summed E-state index contributed by atoms with van der Waals surface area (Å²) in [5.41, 5.74) is 2.05. The van der Waals surface area contributed by atoms with E-state index in [9.17, 15) is 5.11 Å². The lowest BCUT2D eigenvalue weighted by Gasteiger charge is -2.16. The second-order valence-electron chi connectivity index (χ2n) is 5.91. The first-order valence-electron chi connectivity index (χ1n) is 8.63. The van der Waals surface area contributed by atoms with Gasteiger partial charge in [0, 0.05) is 17.5 Å². The Morgan fingerprint density at radius 2 is 1.84 bits per heavy atom. The Hall–Kier alpha value is -1.69. The largest absolute Gasteiger partial charge is 0.490 e. The van der Waals surface area contributed by atoms with Crippen LogP contribution in [0, 0.1) is 0 Å². The van der Waals surface area contributed by atoms with E-state index in [0.29, 0.717) is 19.3 Å². The molecule has 0 aromatic heterocycles. The van der Waals surface area contributed by atoms with Crippen molar-refractivity contribution >= 4 is 12.6 Å². The van der Waals surface area contributed by atoms with Crippen LogP contribution in [0.3, 0.4) is 0 Å². The minimum absolute atomic E-state index is 0.0213. The zero-order valence-corrected chi connectivity index (χ0v) is 15.8. The van der Waals surface area contributed by atoms with Gasteiger partial charge in [-0.1, -0.05) is 24.3 Å². The van der Waals surface area contributed by atoms with Crippen molar-refractivity contribution in [1.29, 1.82) is 0 Å². The predicted octanol–water partition coefficient (Wildman–Crippen LogP) is 3.47. The Balaban J connectivity index is 1.75. The molecule has 2 aromatic carbocycles. The number of nitrogens with one attached hydrogen (secondary N) is 1. The molecule has 136 valence electrons. The van der Waals surface area contributed by atoms with Crippen molar-refractivity contribution in [3.05, 3.63) is 53.6 Å². The van der Waals surface area contributed by atoms with Gasteiger partial charge < -0.3 is 19.9 Å². The zero-order chi connectivity index (χ0) is 18.1. The Morgan fingerprint density at radius 3 is 2.48 bits per heavy atom. The molecule has 0 saturated carbocycles.